The lowest BCUT2D eigenvalue weighted by atomic mass is 9.38. The summed E-state index contributed by atoms with van der Waals surface area (Å²) in [5.74, 6) is 0.863. The van der Waals surface area contributed by atoms with E-state index in [-0.39, 0.29) is 16.5 Å². The molecule has 0 unspecified atom stereocenters. The van der Waals surface area contributed by atoms with Crippen LogP contribution in [0.1, 0.15) is 63.9 Å². The van der Waals surface area contributed by atoms with Crippen molar-refractivity contribution in [2.75, 3.05) is 26.3 Å². The van der Waals surface area contributed by atoms with Gasteiger partial charge >= 0.3 is 0 Å². The maximum Gasteiger partial charge on any atom is 0.139 e. The summed E-state index contributed by atoms with van der Waals surface area (Å²) >= 11 is 6.79. The highest BCUT2D eigenvalue weighted by molar-refractivity contribution is 6.32. The summed E-state index contributed by atoms with van der Waals surface area (Å²) in [4.78, 5) is 14.9. The van der Waals surface area contributed by atoms with Crippen LogP contribution in [0.5, 0.6) is 0 Å². The second-order valence-corrected chi connectivity index (χ2v) is 12.1. The largest absolute Gasteiger partial charge is 0.377 e. The summed E-state index contributed by atoms with van der Waals surface area (Å²) < 4.78 is 9.54. The molecule has 0 N–H and O–H groups in total. The molecule has 8 rings (SSSR count). The monoisotopic (exact) mass is 493 g/mol. The smallest absolute Gasteiger partial charge is 0.139 e. The van der Waals surface area contributed by atoms with E-state index in [1.807, 2.05) is 24.0 Å². The zero-order valence-corrected chi connectivity index (χ0v) is 21.2. The number of aromatic nitrogens is 4. The molecule has 2 saturated heterocycles. The molecule has 5 aliphatic rings. The molecule has 7 nitrogen and oxygen atoms in total. The Bertz CT molecular complexity index is 1310. The third kappa shape index (κ3) is 3.07. The molecule has 4 heterocycles. The molecule has 0 amide bonds. The van der Waals surface area contributed by atoms with Crippen LogP contribution in [0.3, 0.4) is 0 Å². The molecule has 8 heteroatoms. The van der Waals surface area contributed by atoms with Crippen molar-refractivity contribution in [2.24, 2.45) is 5.41 Å². The van der Waals surface area contributed by atoms with E-state index < -0.39 is 0 Å². The summed E-state index contributed by atoms with van der Waals surface area (Å²) in [6.07, 6.45) is 11.5. The Kier molecular flexibility index (Phi) is 4.66. The van der Waals surface area contributed by atoms with Gasteiger partial charge in [-0.25, -0.2) is 4.68 Å². The first-order valence-electron chi connectivity index (χ1n) is 12.9. The zero-order valence-electron chi connectivity index (χ0n) is 20.5. The van der Waals surface area contributed by atoms with Gasteiger partial charge in [-0.2, -0.15) is 10.2 Å². The number of ketones is 1. The molecule has 2 bridgehead atoms. The number of likely N-dealkylation sites (tertiary alicyclic amines) is 1. The Labute approximate surface area is 210 Å². The normalized spacial score (nSPS) is 30.0. The van der Waals surface area contributed by atoms with Gasteiger partial charge in [-0.1, -0.05) is 18.5 Å². The van der Waals surface area contributed by atoms with Crippen molar-refractivity contribution < 1.29 is 9.53 Å². The van der Waals surface area contributed by atoms with E-state index in [4.69, 9.17) is 26.5 Å². The lowest BCUT2D eigenvalue weighted by molar-refractivity contribution is -0.198. The first-order valence-corrected chi connectivity index (χ1v) is 13.3. The van der Waals surface area contributed by atoms with E-state index in [1.165, 1.54) is 5.56 Å². The summed E-state index contributed by atoms with van der Waals surface area (Å²) in [5.41, 5.74) is 3.42. The van der Waals surface area contributed by atoms with E-state index >= 15 is 0 Å². The predicted molar refractivity (Wildman–Crippen MR) is 134 cm³/mol. The second kappa shape index (κ2) is 7.40. The minimum absolute atomic E-state index is 0.0244. The first-order chi connectivity index (χ1) is 16.8. The molecule has 3 saturated carbocycles. The van der Waals surface area contributed by atoms with Crippen LogP contribution in [0.4, 0.5) is 0 Å². The number of Topliss-reactive ketones (excluding diaryl/α,β-unsaturated/α-hetero) is 1. The SMILES string of the molecule is CCC(=O)C12CC(n3cc(-n4ncc5cc(Cl)c(C6CCN(C7(C)COC7)CC6)cc54)cn3)(C1)C2. The van der Waals surface area contributed by atoms with Gasteiger partial charge in [0.2, 0.25) is 0 Å². The summed E-state index contributed by atoms with van der Waals surface area (Å²) in [6, 6.07) is 4.31. The number of rotatable bonds is 6. The maximum atomic E-state index is 12.3. The lowest BCUT2D eigenvalue weighted by Crippen LogP contribution is -2.70. The van der Waals surface area contributed by atoms with Gasteiger partial charge in [0.15, 0.2) is 0 Å². The molecular formula is C27H32ClN5O2. The van der Waals surface area contributed by atoms with Gasteiger partial charge in [0, 0.05) is 22.2 Å². The third-order valence-electron chi connectivity index (χ3n) is 9.43. The number of carbonyl (C=O) groups excluding carboxylic acids is 1. The van der Waals surface area contributed by atoms with Gasteiger partial charge in [0.1, 0.15) is 11.5 Å². The molecule has 2 aliphatic heterocycles. The number of hydrogen-bond donors (Lipinski definition) is 0. The van der Waals surface area contributed by atoms with Gasteiger partial charge in [0.25, 0.3) is 0 Å². The molecule has 0 atom stereocenters. The zero-order chi connectivity index (χ0) is 24.0. The Morgan fingerprint density at radius 3 is 2.54 bits per heavy atom. The van der Waals surface area contributed by atoms with Crippen LogP contribution in [0.25, 0.3) is 16.6 Å². The number of piperidine rings is 1. The van der Waals surface area contributed by atoms with Crippen molar-refractivity contribution in [3.8, 4) is 5.69 Å². The fourth-order valence-corrected chi connectivity index (χ4v) is 7.55. The van der Waals surface area contributed by atoms with Crippen LogP contribution in [0.15, 0.2) is 30.7 Å². The molecular weight excluding hydrogens is 462 g/mol. The van der Waals surface area contributed by atoms with E-state index in [0.29, 0.717) is 18.1 Å². The molecule has 1 aromatic carbocycles. The molecule has 2 aromatic heterocycles. The van der Waals surface area contributed by atoms with Gasteiger partial charge in [-0.05, 0) is 75.7 Å². The van der Waals surface area contributed by atoms with E-state index in [1.54, 1.807) is 0 Å². The minimum Gasteiger partial charge on any atom is -0.377 e. The summed E-state index contributed by atoms with van der Waals surface area (Å²) in [5, 5.41) is 11.3. The molecule has 184 valence electrons. The van der Waals surface area contributed by atoms with Crippen molar-refractivity contribution in [3.63, 3.8) is 0 Å². The fraction of sp³-hybridized carbons (Fsp3) is 0.593. The number of carbonyl (C=O) groups is 1. The Balaban J connectivity index is 1.13. The average molecular weight is 494 g/mol. The minimum atomic E-state index is -0.0659. The molecule has 3 aliphatic carbocycles. The number of hydrogen-bond acceptors (Lipinski definition) is 5. The Morgan fingerprint density at radius 1 is 1.14 bits per heavy atom. The topological polar surface area (TPSA) is 65.2 Å². The highest BCUT2D eigenvalue weighted by Gasteiger charge is 2.72. The second-order valence-electron chi connectivity index (χ2n) is 11.7. The molecule has 0 radical (unpaired) electrons. The van der Waals surface area contributed by atoms with Crippen LogP contribution in [0.2, 0.25) is 5.02 Å². The Morgan fingerprint density at radius 2 is 1.89 bits per heavy atom. The van der Waals surface area contributed by atoms with Crippen LogP contribution in [0, 0.1) is 5.41 Å². The fourth-order valence-electron chi connectivity index (χ4n) is 7.22. The highest BCUT2D eigenvalue weighted by Crippen LogP contribution is 2.71. The van der Waals surface area contributed by atoms with Crippen molar-refractivity contribution in [3.05, 3.63) is 41.3 Å². The van der Waals surface area contributed by atoms with E-state index in [9.17, 15) is 4.79 Å². The van der Waals surface area contributed by atoms with Crippen molar-refractivity contribution in [1.29, 1.82) is 0 Å². The Hall–Kier alpha value is -2.22. The van der Waals surface area contributed by atoms with Crippen molar-refractivity contribution in [1.82, 2.24) is 24.5 Å². The molecule has 3 aromatic rings. The van der Waals surface area contributed by atoms with Gasteiger partial charge in [0.05, 0.1) is 48.4 Å². The lowest BCUT2D eigenvalue weighted by Gasteiger charge is -2.69. The third-order valence-corrected chi connectivity index (χ3v) is 9.75. The van der Waals surface area contributed by atoms with Crippen LogP contribution >= 0.6 is 11.6 Å². The predicted octanol–water partition coefficient (Wildman–Crippen LogP) is 4.70. The van der Waals surface area contributed by atoms with Crippen LogP contribution in [-0.2, 0) is 15.1 Å². The molecule has 5 fully saturated rings. The van der Waals surface area contributed by atoms with E-state index in [2.05, 4.69) is 34.8 Å². The van der Waals surface area contributed by atoms with Crippen LogP contribution < -0.4 is 0 Å². The quantitative estimate of drug-likeness (QED) is 0.498. The van der Waals surface area contributed by atoms with Gasteiger partial charge < -0.3 is 4.74 Å². The van der Waals surface area contributed by atoms with Crippen LogP contribution in [-0.4, -0.2) is 62.1 Å². The van der Waals surface area contributed by atoms with Crippen molar-refractivity contribution in [2.45, 2.75) is 69.4 Å². The van der Waals surface area contributed by atoms with Gasteiger partial charge in [-0.3, -0.25) is 14.4 Å². The number of nitrogens with zero attached hydrogens (tertiary/aromatic N) is 5. The average Bonchev–Trinajstić information content (AvgIpc) is 3.42. The molecule has 35 heavy (non-hydrogen) atoms. The molecule has 0 spiro atoms. The highest BCUT2D eigenvalue weighted by atomic mass is 35.5. The number of fused-ring (bicyclic) bond motifs is 1. The summed E-state index contributed by atoms with van der Waals surface area (Å²) in [7, 11) is 0. The van der Waals surface area contributed by atoms with Gasteiger partial charge in [-0.15, -0.1) is 0 Å². The first kappa shape index (κ1) is 22.0. The van der Waals surface area contributed by atoms with E-state index in [0.717, 1.165) is 80.0 Å². The summed E-state index contributed by atoms with van der Waals surface area (Å²) in [6.45, 7) is 8.12. The van der Waals surface area contributed by atoms with Crippen molar-refractivity contribution >= 4 is 28.3 Å². The standard InChI is InChI=1S/C27H32ClN5O2/c1-3-24(34)26-13-27(14-26,15-26)32-12-20(11-29-32)33-23-9-21(22(28)8-19(23)10-30-33)18-4-6-31(7-5-18)25(2)16-35-17-25/h8-12,18H,3-7,13-17H2,1-2H3. The number of benzene rings is 1. The number of halogens is 1. The maximum absolute atomic E-state index is 12.3. The number of ether oxygens (including phenoxy) is 1.